The first kappa shape index (κ1) is 15.1. The highest BCUT2D eigenvalue weighted by Gasteiger charge is 2.20. The minimum Gasteiger partial charge on any atom is -0.368 e. The highest BCUT2D eigenvalue weighted by atomic mass is 35.5. The maximum atomic E-state index is 6.12. The average Bonchev–Trinajstić information content (AvgIpc) is 2.72. The lowest BCUT2D eigenvalue weighted by atomic mass is 9.92. The van der Waals surface area contributed by atoms with Crippen LogP contribution in [0.4, 0.5) is 11.8 Å². The number of halogens is 1. The molecule has 1 unspecified atom stereocenters. The van der Waals surface area contributed by atoms with E-state index >= 15 is 0 Å². The summed E-state index contributed by atoms with van der Waals surface area (Å²) >= 11 is 6.12. The first-order valence-electron chi connectivity index (χ1n) is 7.73. The predicted molar refractivity (Wildman–Crippen MR) is 91.4 cm³/mol. The van der Waals surface area contributed by atoms with Crippen LogP contribution in [0, 0.1) is 6.92 Å². The third-order valence-corrected chi connectivity index (χ3v) is 4.47. The Labute approximate surface area is 136 Å². The number of aromatic nitrogens is 2. The van der Waals surface area contributed by atoms with Crippen molar-refractivity contribution in [2.24, 2.45) is 0 Å². The molecule has 5 heteroatoms. The van der Waals surface area contributed by atoms with Gasteiger partial charge in [0.05, 0.1) is 0 Å². The normalized spacial score (nSPS) is 19.0. The monoisotopic (exact) mass is 316 g/mol. The van der Waals surface area contributed by atoms with Crippen LogP contribution < -0.4 is 10.6 Å². The summed E-state index contributed by atoms with van der Waals surface area (Å²) in [5.74, 6) is 1.85. The lowest BCUT2D eigenvalue weighted by Crippen LogP contribution is -2.25. The fraction of sp³-hybridized carbons (Fsp3) is 0.412. The number of nitrogens with zero attached hydrogens (tertiary/aromatic N) is 3. The first-order valence-corrected chi connectivity index (χ1v) is 8.11. The second kappa shape index (κ2) is 6.53. The summed E-state index contributed by atoms with van der Waals surface area (Å²) in [5.41, 5.74) is 8.03. The lowest BCUT2D eigenvalue weighted by Gasteiger charge is -2.22. The van der Waals surface area contributed by atoms with E-state index in [-0.39, 0.29) is 0 Å². The molecule has 0 saturated carbocycles. The van der Waals surface area contributed by atoms with E-state index in [4.69, 9.17) is 17.3 Å². The molecule has 3 rings (SSSR count). The maximum Gasteiger partial charge on any atom is 0.222 e. The van der Waals surface area contributed by atoms with Crippen LogP contribution in [0.2, 0.25) is 5.02 Å². The molecule has 0 aliphatic carbocycles. The summed E-state index contributed by atoms with van der Waals surface area (Å²) in [6.45, 7) is 3.94. The van der Waals surface area contributed by atoms with Crippen LogP contribution in [0.5, 0.6) is 0 Å². The van der Waals surface area contributed by atoms with Crippen molar-refractivity contribution in [3.63, 3.8) is 0 Å². The van der Waals surface area contributed by atoms with E-state index in [1.807, 2.05) is 25.1 Å². The van der Waals surface area contributed by atoms with Crippen LogP contribution in [0.1, 0.15) is 36.4 Å². The van der Waals surface area contributed by atoms with Gasteiger partial charge in [-0.15, -0.1) is 0 Å². The van der Waals surface area contributed by atoms with Gasteiger partial charge in [-0.2, -0.15) is 4.98 Å². The number of anilines is 2. The zero-order valence-corrected chi connectivity index (χ0v) is 13.6. The Morgan fingerprint density at radius 1 is 1.18 bits per heavy atom. The Morgan fingerprint density at radius 3 is 2.82 bits per heavy atom. The van der Waals surface area contributed by atoms with E-state index in [1.54, 1.807) is 0 Å². The Morgan fingerprint density at radius 2 is 2.05 bits per heavy atom. The van der Waals surface area contributed by atoms with Gasteiger partial charge >= 0.3 is 0 Å². The van der Waals surface area contributed by atoms with Crippen molar-refractivity contribution in [3.05, 3.63) is 46.6 Å². The molecule has 1 aromatic heterocycles. The van der Waals surface area contributed by atoms with E-state index in [2.05, 4.69) is 27.0 Å². The van der Waals surface area contributed by atoms with Gasteiger partial charge in [0.25, 0.3) is 0 Å². The van der Waals surface area contributed by atoms with Gasteiger partial charge in [-0.25, -0.2) is 4.98 Å². The average molecular weight is 317 g/mol. The van der Waals surface area contributed by atoms with Crippen molar-refractivity contribution in [3.8, 4) is 0 Å². The molecule has 0 amide bonds. The largest absolute Gasteiger partial charge is 0.368 e. The summed E-state index contributed by atoms with van der Waals surface area (Å²) in [6, 6.07) is 10.2. The summed E-state index contributed by atoms with van der Waals surface area (Å²) in [6.07, 6.45) is 3.42. The Kier molecular flexibility index (Phi) is 4.48. The summed E-state index contributed by atoms with van der Waals surface area (Å²) < 4.78 is 0. The highest BCUT2D eigenvalue weighted by Crippen LogP contribution is 2.30. The number of hydrogen-bond donors (Lipinski definition) is 1. The molecule has 1 saturated heterocycles. The third-order valence-electron chi connectivity index (χ3n) is 4.23. The summed E-state index contributed by atoms with van der Waals surface area (Å²) in [7, 11) is 0. The van der Waals surface area contributed by atoms with E-state index in [0.29, 0.717) is 11.9 Å². The molecule has 2 N–H and O–H groups in total. The quantitative estimate of drug-likeness (QED) is 0.915. The molecule has 0 spiro atoms. The minimum atomic E-state index is 0.352. The molecule has 22 heavy (non-hydrogen) atoms. The van der Waals surface area contributed by atoms with Gasteiger partial charge in [-0.3, -0.25) is 0 Å². The predicted octanol–water partition coefficient (Wildman–Crippen LogP) is 3.79. The van der Waals surface area contributed by atoms with Crippen LogP contribution in [-0.4, -0.2) is 23.1 Å². The summed E-state index contributed by atoms with van der Waals surface area (Å²) in [5, 5.41) is 0.817. The summed E-state index contributed by atoms with van der Waals surface area (Å²) in [4.78, 5) is 10.8. The van der Waals surface area contributed by atoms with Gasteiger partial charge in [-0.1, -0.05) is 23.7 Å². The van der Waals surface area contributed by atoms with Gasteiger partial charge in [-0.05, 0) is 49.8 Å². The number of aryl methyl sites for hydroxylation is 1. The molecule has 0 bridgehead atoms. The number of nitrogen functional groups attached to an aromatic ring is 1. The van der Waals surface area contributed by atoms with Gasteiger partial charge in [0.1, 0.15) is 5.82 Å². The number of rotatable bonds is 2. The molecule has 1 aromatic carbocycles. The molecule has 1 aliphatic heterocycles. The molecule has 4 nitrogen and oxygen atoms in total. The first-order chi connectivity index (χ1) is 10.6. The zero-order valence-electron chi connectivity index (χ0n) is 12.8. The van der Waals surface area contributed by atoms with Crippen LogP contribution in [0.3, 0.4) is 0 Å². The van der Waals surface area contributed by atoms with Crippen molar-refractivity contribution in [1.82, 2.24) is 9.97 Å². The second-order valence-electron chi connectivity index (χ2n) is 5.90. The molecule has 2 aromatic rings. The number of benzene rings is 1. The fourth-order valence-corrected chi connectivity index (χ4v) is 3.35. The van der Waals surface area contributed by atoms with E-state index in [1.165, 1.54) is 12.0 Å². The molecule has 1 fully saturated rings. The van der Waals surface area contributed by atoms with Gasteiger partial charge in [0.15, 0.2) is 0 Å². The smallest absolute Gasteiger partial charge is 0.222 e. The van der Waals surface area contributed by atoms with Gasteiger partial charge in [0.2, 0.25) is 5.95 Å². The topological polar surface area (TPSA) is 55.0 Å². The number of nitrogens with two attached hydrogens (primary N) is 1. The van der Waals surface area contributed by atoms with Crippen molar-refractivity contribution in [1.29, 1.82) is 0 Å². The van der Waals surface area contributed by atoms with Crippen LogP contribution in [-0.2, 0) is 0 Å². The van der Waals surface area contributed by atoms with E-state index in [9.17, 15) is 0 Å². The molecular weight excluding hydrogens is 296 g/mol. The standard InChI is InChI=1S/C17H21ClN4/c1-12-10-16(21-17(19)20-12)22-8-3-5-13(7-9-22)14-4-2-6-15(18)11-14/h2,4,6,10-11,13H,3,5,7-9H2,1H3,(H2,19,20,21). The van der Waals surface area contributed by atoms with Gasteiger partial charge < -0.3 is 10.6 Å². The lowest BCUT2D eigenvalue weighted by molar-refractivity contribution is 0.612. The molecule has 1 aliphatic rings. The Bertz CT molecular complexity index is 639. The zero-order chi connectivity index (χ0) is 15.5. The number of hydrogen-bond acceptors (Lipinski definition) is 4. The van der Waals surface area contributed by atoms with Crippen molar-refractivity contribution in [2.75, 3.05) is 23.7 Å². The third kappa shape index (κ3) is 3.50. The van der Waals surface area contributed by atoms with Crippen LogP contribution in [0.25, 0.3) is 0 Å². The molecule has 2 heterocycles. The van der Waals surface area contributed by atoms with Crippen LogP contribution in [0.15, 0.2) is 30.3 Å². The maximum absolute atomic E-state index is 6.12. The molecule has 0 radical (unpaired) electrons. The van der Waals surface area contributed by atoms with Gasteiger partial charge in [0, 0.05) is 29.9 Å². The Hall–Kier alpha value is -1.81. The molecule has 116 valence electrons. The van der Waals surface area contributed by atoms with Crippen LogP contribution >= 0.6 is 11.6 Å². The van der Waals surface area contributed by atoms with E-state index in [0.717, 1.165) is 42.5 Å². The van der Waals surface area contributed by atoms with Crippen molar-refractivity contribution >= 4 is 23.4 Å². The second-order valence-corrected chi connectivity index (χ2v) is 6.33. The Balaban J connectivity index is 1.74. The SMILES string of the molecule is Cc1cc(N2CCCC(c3cccc(Cl)c3)CC2)nc(N)n1. The fourth-order valence-electron chi connectivity index (χ4n) is 3.16. The van der Waals surface area contributed by atoms with E-state index < -0.39 is 0 Å². The molecular formula is C17H21ClN4. The van der Waals surface area contributed by atoms with Crippen molar-refractivity contribution < 1.29 is 0 Å². The highest BCUT2D eigenvalue weighted by molar-refractivity contribution is 6.30. The van der Waals surface area contributed by atoms with Crippen molar-refractivity contribution in [2.45, 2.75) is 32.1 Å². The minimum absolute atomic E-state index is 0.352. The molecule has 1 atom stereocenters.